The highest BCUT2D eigenvalue weighted by Crippen LogP contribution is 2.29. The molecule has 1 aromatic heterocycles. The number of alkyl halides is 3. The standard InChI is InChI=1S/C9H7BrF3N3O4/c10-6-1-5(16(19)20)2-14-8(6)15(3-7(17)18)4-9(11,12)13/h1-2H,3-4H2,(H,17,18). The van der Waals surface area contributed by atoms with Crippen molar-refractivity contribution in [1.82, 2.24) is 4.98 Å². The van der Waals surface area contributed by atoms with Crippen molar-refractivity contribution in [2.24, 2.45) is 0 Å². The lowest BCUT2D eigenvalue weighted by atomic mass is 10.3. The molecule has 0 spiro atoms. The highest BCUT2D eigenvalue weighted by Gasteiger charge is 2.33. The molecule has 0 saturated heterocycles. The lowest BCUT2D eigenvalue weighted by Crippen LogP contribution is -2.38. The first kappa shape index (κ1) is 16.1. The van der Waals surface area contributed by atoms with Gasteiger partial charge in [-0.25, -0.2) is 4.98 Å². The van der Waals surface area contributed by atoms with E-state index in [4.69, 9.17) is 5.11 Å². The maximum atomic E-state index is 12.4. The van der Waals surface area contributed by atoms with E-state index in [9.17, 15) is 28.1 Å². The van der Waals surface area contributed by atoms with Gasteiger partial charge in [-0.1, -0.05) is 0 Å². The second-order valence-corrected chi connectivity index (χ2v) is 4.48. The molecule has 7 nitrogen and oxygen atoms in total. The number of halogens is 4. The van der Waals surface area contributed by atoms with Gasteiger partial charge in [0.25, 0.3) is 5.69 Å². The number of carboxylic acid groups (broad SMARTS) is 1. The van der Waals surface area contributed by atoms with Gasteiger partial charge in [0.1, 0.15) is 25.1 Å². The Bertz CT molecular complexity index is 538. The summed E-state index contributed by atoms with van der Waals surface area (Å²) < 4.78 is 37.1. The van der Waals surface area contributed by atoms with Crippen LogP contribution < -0.4 is 4.90 Å². The van der Waals surface area contributed by atoms with E-state index in [1.807, 2.05) is 0 Å². The number of aromatic nitrogens is 1. The van der Waals surface area contributed by atoms with Crippen LogP contribution in [0.2, 0.25) is 0 Å². The summed E-state index contributed by atoms with van der Waals surface area (Å²) in [6.45, 7) is -2.48. The van der Waals surface area contributed by atoms with Gasteiger partial charge in [0, 0.05) is 6.07 Å². The number of nitro groups is 1. The van der Waals surface area contributed by atoms with Crippen LogP contribution in [0.1, 0.15) is 0 Å². The number of hydrogen-bond acceptors (Lipinski definition) is 5. The number of anilines is 1. The first-order valence-electron chi connectivity index (χ1n) is 4.93. The first-order valence-corrected chi connectivity index (χ1v) is 5.73. The normalized spacial score (nSPS) is 11.2. The Kier molecular flexibility index (Phi) is 4.87. The van der Waals surface area contributed by atoms with Crippen molar-refractivity contribution in [2.75, 3.05) is 18.0 Å². The number of hydrogen-bond donors (Lipinski definition) is 1. The van der Waals surface area contributed by atoms with Gasteiger partial charge in [0.05, 0.1) is 9.40 Å². The number of carboxylic acids is 1. The maximum Gasteiger partial charge on any atom is 0.405 e. The van der Waals surface area contributed by atoms with Crippen molar-refractivity contribution in [3.63, 3.8) is 0 Å². The van der Waals surface area contributed by atoms with E-state index in [-0.39, 0.29) is 10.3 Å². The van der Waals surface area contributed by atoms with E-state index >= 15 is 0 Å². The second-order valence-electron chi connectivity index (χ2n) is 3.62. The molecule has 1 heterocycles. The molecule has 0 unspecified atom stereocenters. The van der Waals surface area contributed by atoms with Gasteiger partial charge in [-0.3, -0.25) is 14.9 Å². The molecule has 11 heteroatoms. The Hall–Kier alpha value is -1.91. The van der Waals surface area contributed by atoms with E-state index in [0.29, 0.717) is 4.90 Å². The van der Waals surface area contributed by atoms with Crippen molar-refractivity contribution < 1.29 is 28.0 Å². The molecule has 0 fully saturated rings. The van der Waals surface area contributed by atoms with Crippen LogP contribution in [0.3, 0.4) is 0 Å². The molecule has 0 aromatic carbocycles. The third-order valence-corrected chi connectivity index (χ3v) is 2.60. The van der Waals surface area contributed by atoms with E-state index in [2.05, 4.69) is 20.9 Å². The average molecular weight is 358 g/mol. The van der Waals surface area contributed by atoms with E-state index in [1.54, 1.807) is 0 Å². The third kappa shape index (κ3) is 4.64. The van der Waals surface area contributed by atoms with Crippen LogP contribution in [-0.4, -0.2) is 40.2 Å². The zero-order valence-electron chi connectivity index (χ0n) is 9.59. The summed E-state index contributed by atoms with van der Waals surface area (Å²) in [5.74, 6) is -1.82. The van der Waals surface area contributed by atoms with Crippen molar-refractivity contribution in [2.45, 2.75) is 6.18 Å². The van der Waals surface area contributed by atoms with Crippen LogP contribution in [-0.2, 0) is 4.79 Å². The summed E-state index contributed by atoms with van der Waals surface area (Å²) in [5, 5.41) is 19.1. The quantitative estimate of drug-likeness (QED) is 0.640. The first-order chi connectivity index (χ1) is 9.10. The van der Waals surface area contributed by atoms with Crippen LogP contribution in [0.25, 0.3) is 0 Å². The van der Waals surface area contributed by atoms with Crippen molar-refractivity contribution in [1.29, 1.82) is 0 Å². The molecule has 20 heavy (non-hydrogen) atoms. The Labute approximate surface area is 118 Å². The zero-order chi connectivity index (χ0) is 15.5. The lowest BCUT2D eigenvalue weighted by molar-refractivity contribution is -0.385. The number of aliphatic carboxylic acids is 1. The molecule has 110 valence electrons. The number of rotatable bonds is 5. The predicted molar refractivity (Wildman–Crippen MR) is 64.5 cm³/mol. The highest BCUT2D eigenvalue weighted by molar-refractivity contribution is 9.10. The van der Waals surface area contributed by atoms with Gasteiger partial charge in [0.2, 0.25) is 0 Å². The second kappa shape index (κ2) is 6.03. The minimum Gasteiger partial charge on any atom is -0.480 e. The van der Waals surface area contributed by atoms with Gasteiger partial charge >= 0.3 is 12.1 Å². The Morgan fingerprint density at radius 1 is 1.55 bits per heavy atom. The monoisotopic (exact) mass is 357 g/mol. The minimum atomic E-state index is -4.64. The summed E-state index contributed by atoms with van der Waals surface area (Å²) in [5.41, 5.74) is -0.428. The smallest absolute Gasteiger partial charge is 0.405 e. The fourth-order valence-corrected chi connectivity index (χ4v) is 1.93. The number of carbonyl (C=O) groups is 1. The third-order valence-electron chi connectivity index (χ3n) is 2.01. The van der Waals surface area contributed by atoms with Gasteiger partial charge in [-0.05, 0) is 15.9 Å². The summed E-state index contributed by atoms with van der Waals surface area (Å²) >= 11 is 2.84. The topological polar surface area (TPSA) is 96.6 Å². The van der Waals surface area contributed by atoms with Gasteiger partial charge in [-0.15, -0.1) is 0 Å². The highest BCUT2D eigenvalue weighted by atomic mass is 79.9. The van der Waals surface area contributed by atoms with E-state index in [1.165, 1.54) is 0 Å². The SMILES string of the molecule is O=C(O)CN(CC(F)(F)F)c1ncc([N+](=O)[O-])cc1Br. The van der Waals surface area contributed by atoms with Gasteiger partial charge in [-0.2, -0.15) is 13.2 Å². The van der Waals surface area contributed by atoms with Gasteiger partial charge in [0.15, 0.2) is 0 Å². The van der Waals surface area contributed by atoms with Gasteiger partial charge < -0.3 is 10.0 Å². The Morgan fingerprint density at radius 3 is 2.55 bits per heavy atom. The molecule has 0 aliphatic heterocycles. The molecule has 0 saturated carbocycles. The number of nitrogens with zero attached hydrogens (tertiary/aromatic N) is 3. The predicted octanol–water partition coefficient (Wildman–Crippen LogP) is 2.21. The molecule has 0 radical (unpaired) electrons. The van der Waals surface area contributed by atoms with E-state index in [0.717, 1.165) is 12.3 Å². The molecule has 0 atom stereocenters. The largest absolute Gasteiger partial charge is 0.480 e. The Balaban J connectivity index is 3.13. The molecule has 0 aliphatic rings. The molecule has 1 aromatic rings. The average Bonchev–Trinajstić information content (AvgIpc) is 2.25. The summed E-state index contributed by atoms with van der Waals surface area (Å²) in [6, 6.07) is 0.952. The molecule has 0 bridgehead atoms. The number of pyridine rings is 1. The van der Waals surface area contributed by atoms with Crippen LogP contribution in [0, 0.1) is 10.1 Å². The molecule has 1 N–H and O–H groups in total. The fraction of sp³-hybridized carbons (Fsp3) is 0.333. The van der Waals surface area contributed by atoms with Crippen molar-refractivity contribution in [3.8, 4) is 0 Å². The molecular weight excluding hydrogens is 351 g/mol. The van der Waals surface area contributed by atoms with E-state index < -0.39 is 35.8 Å². The Morgan fingerprint density at radius 2 is 2.15 bits per heavy atom. The lowest BCUT2D eigenvalue weighted by Gasteiger charge is -2.23. The zero-order valence-corrected chi connectivity index (χ0v) is 11.2. The maximum absolute atomic E-state index is 12.4. The van der Waals surface area contributed by atoms with Crippen molar-refractivity contribution in [3.05, 3.63) is 26.9 Å². The fourth-order valence-electron chi connectivity index (χ4n) is 1.34. The minimum absolute atomic E-state index is 0.0998. The summed E-state index contributed by atoms with van der Waals surface area (Å²) in [7, 11) is 0. The van der Waals surface area contributed by atoms with Crippen LogP contribution >= 0.6 is 15.9 Å². The molecule has 0 amide bonds. The van der Waals surface area contributed by atoms with Crippen LogP contribution in [0.15, 0.2) is 16.7 Å². The summed E-state index contributed by atoms with van der Waals surface area (Å²) in [6.07, 6.45) is -3.89. The van der Waals surface area contributed by atoms with Crippen molar-refractivity contribution >= 4 is 33.4 Å². The molecular formula is C9H7BrF3N3O4. The summed E-state index contributed by atoms with van der Waals surface area (Å²) in [4.78, 5) is 24.3. The van der Waals surface area contributed by atoms with Crippen LogP contribution in [0.4, 0.5) is 24.7 Å². The molecule has 0 aliphatic carbocycles. The molecule has 1 rings (SSSR count). The van der Waals surface area contributed by atoms with Crippen LogP contribution in [0.5, 0.6) is 0 Å².